The Morgan fingerprint density at radius 2 is 1.64 bits per heavy atom. The maximum atomic E-state index is 14.0. The molecule has 0 bridgehead atoms. The lowest BCUT2D eigenvalue weighted by atomic mass is 10.0. The summed E-state index contributed by atoms with van der Waals surface area (Å²) in [4.78, 5) is 30.3. The maximum Gasteiger partial charge on any atom is 0.282 e. The Balaban J connectivity index is 1.70. The van der Waals surface area contributed by atoms with Gasteiger partial charge in [0, 0.05) is 12.2 Å². The number of hydrogen-bond donors (Lipinski definition) is 0. The quantitative estimate of drug-likeness (QED) is 0.553. The Bertz CT molecular complexity index is 1320. The van der Waals surface area contributed by atoms with Crippen molar-refractivity contribution in [2.24, 2.45) is 0 Å². The molecule has 3 aromatic rings. The van der Waals surface area contributed by atoms with Crippen LogP contribution in [-0.2, 0) is 16.0 Å². The van der Waals surface area contributed by atoms with Crippen LogP contribution in [0.25, 0.3) is 5.57 Å². The van der Waals surface area contributed by atoms with Crippen LogP contribution in [-0.4, -0.2) is 32.6 Å². The van der Waals surface area contributed by atoms with Gasteiger partial charge in [-0.25, -0.2) is 9.29 Å². The number of carbonyl (C=O) groups is 2. The molecule has 0 spiro atoms. The highest BCUT2D eigenvalue weighted by molar-refractivity contribution is 6.46. The van der Waals surface area contributed by atoms with Crippen molar-refractivity contribution in [3.8, 4) is 11.5 Å². The molecular weight excluding hydrogens is 423 g/mol. The minimum Gasteiger partial charge on any atom is -0.493 e. The Morgan fingerprint density at radius 1 is 0.848 bits per heavy atom. The second-order valence-electron chi connectivity index (χ2n) is 7.75. The molecule has 0 aliphatic carbocycles. The molecule has 2 aliphatic rings. The van der Waals surface area contributed by atoms with Crippen molar-refractivity contribution in [1.29, 1.82) is 0 Å². The lowest BCUT2D eigenvalue weighted by molar-refractivity contribution is -0.120. The molecule has 0 unspecified atom stereocenters. The van der Waals surface area contributed by atoms with Crippen LogP contribution in [0.1, 0.15) is 11.1 Å². The maximum absolute atomic E-state index is 14.0. The minimum atomic E-state index is -0.527. The van der Waals surface area contributed by atoms with Crippen LogP contribution in [0.3, 0.4) is 0 Å². The summed E-state index contributed by atoms with van der Waals surface area (Å²) in [5.41, 5.74) is 3.19. The van der Waals surface area contributed by atoms with Crippen molar-refractivity contribution in [1.82, 2.24) is 0 Å². The topological polar surface area (TPSA) is 59.1 Å². The molecule has 0 N–H and O–H groups in total. The smallest absolute Gasteiger partial charge is 0.282 e. The van der Waals surface area contributed by atoms with E-state index in [-0.39, 0.29) is 17.0 Å². The number of halogens is 1. The van der Waals surface area contributed by atoms with Gasteiger partial charge in [-0.15, -0.1) is 0 Å². The molecule has 0 saturated heterocycles. The number of carbonyl (C=O) groups excluding carboxylic acids is 2. The van der Waals surface area contributed by atoms with E-state index in [1.807, 2.05) is 29.2 Å². The first-order chi connectivity index (χ1) is 16.0. The van der Waals surface area contributed by atoms with Crippen molar-refractivity contribution < 1.29 is 23.5 Å². The summed E-state index contributed by atoms with van der Waals surface area (Å²) < 4.78 is 24.7. The van der Waals surface area contributed by atoms with Crippen LogP contribution in [0.2, 0.25) is 0 Å². The fourth-order valence-corrected chi connectivity index (χ4v) is 4.44. The van der Waals surface area contributed by atoms with Crippen LogP contribution in [0.4, 0.5) is 15.8 Å². The third-order valence-electron chi connectivity index (χ3n) is 5.96. The number of para-hydroxylation sites is 1. The zero-order chi connectivity index (χ0) is 23.1. The average molecular weight is 444 g/mol. The normalized spacial score (nSPS) is 15.4. The van der Waals surface area contributed by atoms with Gasteiger partial charge in [-0.05, 0) is 53.9 Å². The van der Waals surface area contributed by atoms with Gasteiger partial charge in [0.2, 0.25) is 0 Å². The third-order valence-corrected chi connectivity index (χ3v) is 5.96. The highest BCUT2D eigenvalue weighted by Gasteiger charge is 2.44. The van der Waals surface area contributed by atoms with Gasteiger partial charge in [0.05, 0.1) is 25.5 Å². The van der Waals surface area contributed by atoms with Gasteiger partial charge in [0.25, 0.3) is 11.8 Å². The molecule has 0 saturated carbocycles. The van der Waals surface area contributed by atoms with E-state index >= 15 is 0 Å². The summed E-state index contributed by atoms with van der Waals surface area (Å²) in [5.74, 6) is -0.591. The van der Waals surface area contributed by atoms with Crippen molar-refractivity contribution >= 4 is 28.8 Å². The molecule has 2 amide bonds. The molecule has 2 aliphatic heterocycles. The monoisotopic (exact) mass is 444 g/mol. The second-order valence-corrected chi connectivity index (χ2v) is 7.75. The van der Waals surface area contributed by atoms with Gasteiger partial charge in [-0.1, -0.05) is 30.3 Å². The zero-order valence-corrected chi connectivity index (χ0v) is 18.2. The van der Waals surface area contributed by atoms with Gasteiger partial charge in [0.15, 0.2) is 11.5 Å². The summed E-state index contributed by atoms with van der Waals surface area (Å²) in [6, 6.07) is 18.4. The number of imide groups is 1. The fraction of sp³-hybridized carbons (Fsp3) is 0.154. The van der Waals surface area contributed by atoms with E-state index in [1.54, 1.807) is 24.3 Å². The zero-order valence-electron chi connectivity index (χ0n) is 18.2. The van der Waals surface area contributed by atoms with Crippen LogP contribution < -0.4 is 19.3 Å². The van der Waals surface area contributed by atoms with Gasteiger partial charge >= 0.3 is 0 Å². The number of fused-ring (bicyclic) bond motifs is 1. The van der Waals surface area contributed by atoms with Crippen LogP contribution in [0.15, 0.2) is 72.4 Å². The molecule has 0 radical (unpaired) electrons. The van der Waals surface area contributed by atoms with Gasteiger partial charge in [0.1, 0.15) is 11.5 Å². The lowest BCUT2D eigenvalue weighted by Gasteiger charge is -2.22. The lowest BCUT2D eigenvalue weighted by Crippen LogP contribution is -2.34. The first-order valence-electron chi connectivity index (χ1n) is 10.5. The van der Waals surface area contributed by atoms with Crippen molar-refractivity contribution in [2.45, 2.75) is 6.42 Å². The molecule has 0 aromatic heterocycles. The Kier molecular flexibility index (Phi) is 5.09. The third kappa shape index (κ3) is 3.33. The molecule has 0 fully saturated rings. The highest BCUT2D eigenvalue weighted by Crippen LogP contribution is 2.41. The largest absolute Gasteiger partial charge is 0.493 e. The number of rotatable bonds is 5. The van der Waals surface area contributed by atoms with Gasteiger partial charge in [-0.3, -0.25) is 9.59 Å². The second kappa shape index (κ2) is 8.09. The van der Waals surface area contributed by atoms with E-state index in [1.165, 1.54) is 32.4 Å². The number of amides is 2. The van der Waals surface area contributed by atoms with Crippen molar-refractivity contribution in [3.05, 3.63) is 89.4 Å². The van der Waals surface area contributed by atoms with E-state index in [2.05, 4.69) is 0 Å². The van der Waals surface area contributed by atoms with E-state index in [0.717, 1.165) is 22.6 Å². The molecule has 5 rings (SSSR count). The number of benzene rings is 3. The summed E-state index contributed by atoms with van der Waals surface area (Å²) in [7, 11) is 3.04. The molecule has 2 heterocycles. The molecule has 33 heavy (non-hydrogen) atoms. The highest BCUT2D eigenvalue weighted by atomic mass is 19.1. The molecule has 0 atom stereocenters. The number of anilines is 2. The fourth-order valence-electron chi connectivity index (χ4n) is 4.44. The van der Waals surface area contributed by atoms with Crippen LogP contribution in [0.5, 0.6) is 11.5 Å². The van der Waals surface area contributed by atoms with Crippen molar-refractivity contribution in [2.75, 3.05) is 30.6 Å². The molecule has 6 nitrogen and oxygen atoms in total. The van der Waals surface area contributed by atoms with E-state index < -0.39 is 17.6 Å². The summed E-state index contributed by atoms with van der Waals surface area (Å²) in [6.07, 6.45) is 0.750. The Hall–Kier alpha value is -4.13. The number of hydrogen-bond acceptors (Lipinski definition) is 5. The van der Waals surface area contributed by atoms with Gasteiger partial charge in [-0.2, -0.15) is 0 Å². The summed E-state index contributed by atoms with van der Waals surface area (Å²) >= 11 is 0. The minimum absolute atomic E-state index is 0.186. The molecule has 3 aromatic carbocycles. The average Bonchev–Trinajstić information content (AvgIpc) is 3.36. The molecule has 7 heteroatoms. The van der Waals surface area contributed by atoms with E-state index in [9.17, 15) is 14.0 Å². The number of nitrogens with zero attached hydrogens (tertiary/aromatic N) is 2. The Labute approximate surface area is 190 Å². The van der Waals surface area contributed by atoms with Gasteiger partial charge < -0.3 is 14.4 Å². The number of methoxy groups -OCH3 is 2. The van der Waals surface area contributed by atoms with Crippen LogP contribution in [0, 0.1) is 5.82 Å². The van der Waals surface area contributed by atoms with Crippen molar-refractivity contribution in [3.63, 3.8) is 0 Å². The summed E-state index contributed by atoms with van der Waals surface area (Å²) in [5, 5.41) is 0. The standard InChI is InChI=1S/C26H21FN2O4/c1-32-21-11-10-17(14-22(21)33-2)23-24(28-13-12-16-6-3-4-9-20(16)28)26(31)29(25(23)30)19-8-5-7-18(27)15-19/h3-11,14-15H,12-13H2,1-2H3. The van der Waals surface area contributed by atoms with Crippen LogP contribution >= 0.6 is 0 Å². The first kappa shape index (κ1) is 20.8. The number of ether oxygens (including phenoxy) is 2. The molecule has 166 valence electrons. The SMILES string of the molecule is COc1ccc(C2=C(N3CCc4ccccc43)C(=O)N(c3cccc(F)c3)C2=O)cc1OC. The first-order valence-corrected chi connectivity index (χ1v) is 10.5. The van der Waals surface area contributed by atoms with E-state index in [4.69, 9.17) is 9.47 Å². The molecular formula is C26H21FN2O4. The predicted molar refractivity (Wildman–Crippen MR) is 123 cm³/mol. The Morgan fingerprint density at radius 3 is 2.39 bits per heavy atom. The van der Waals surface area contributed by atoms with E-state index in [0.29, 0.717) is 23.6 Å². The summed E-state index contributed by atoms with van der Waals surface area (Å²) in [6.45, 7) is 0.557. The predicted octanol–water partition coefficient (Wildman–Crippen LogP) is 4.19.